The molecule has 0 saturated heterocycles. The summed E-state index contributed by atoms with van der Waals surface area (Å²) in [7, 11) is 1.29. The third kappa shape index (κ3) is 38.8. The molecule has 1 amide bonds. The number of carbonyl (C=O) groups is 1. The fourth-order valence-electron chi connectivity index (χ4n) is 6.10. The number of carbonyl (C=O) groups excluding carboxylic acids is 1. The minimum Gasteiger partial charge on any atom is -0.756 e. The highest BCUT2D eigenvalue weighted by Gasteiger charge is 2.24. The summed E-state index contributed by atoms with van der Waals surface area (Å²) in [5, 5.41) is 13.7. The Labute approximate surface area is 327 Å². The Morgan fingerprint density at radius 1 is 0.660 bits per heavy atom. The van der Waals surface area contributed by atoms with Gasteiger partial charge in [-0.25, -0.2) is 0 Å². The molecule has 0 saturated carbocycles. The minimum absolute atomic E-state index is 0.00993. The molecule has 3 atom stereocenters. The van der Waals surface area contributed by atoms with Gasteiger partial charge in [-0.2, -0.15) is 0 Å². The van der Waals surface area contributed by atoms with Gasteiger partial charge >= 0.3 is 0 Å². The zero-order chi connectivity index (χ0) is 39.3. The number of nitrogens with one attached hydrogen (secondary N) is 1. The smallest absolute Gasteiger partial charge is 0.268 e. The fourth-order valence-corrected chi connectivity index (χ4v) is 6.83. The van der Waals surface area contributed by atoms with Gasteiger partial charge in [0.2, 0.25) is 5.91 Å². The highest BCUT2D eigenvalue weighted by atomic mass is 31.2. The van der Waals surface area contributed by atoms with E-state index in [-0.39, 0.29) is 19.1 Å². The molecule has 0 radical (unpaired) electrons. The first-order chi connectivity index (χ1) is 25.5. The molecule has 0 fully saturated rings. The summed E-state index contributed by atoms with van der Waals surface area (Å²) in [6.07, 6.45) is 43.3. The van der Waals surface area contributed by atoms with Crippen molar-refractivity contribution in [3.8, 4) is 0 Å². The number of likely N-dealkylation sites (N-methyl/N-ethyl adjacent to an activating group) is 1. The van der Waals surface area contributed by atoms with Gasteiger partial charge in [0.15, 0.2) is 0 Å². The molecule has 0 rings (SSSR count). The van der Waals surface area contributed by atoms with Crippen LogP contribution in [-0.4, -0.2) is 68.5 Å². The van der Waals surface area contributed by atoms with Gasteiger partial charge in [0, 0.05) is 6.42 Å². The molecule has 0 aliphatic carbocycles. The third-order valence-electron chi connectivity index (χ3n) is 9.63. The van der Waals surface area contributed by atoms with E-state index >= 15 is 0 Å². The molecule has 0 aromatic carbocycles. The predicted octanol–water partition coefficient (Wildman–Crippen LogP) is 11.3. The Morgan fingerprint density at radius 2 is 1.09 bits per heavy atom. The second-order valence-electron chi connectivity index (χ2n) is 16.1. The van der Waals surface area contributed by atoms with Crippen molar-refractivity contribution >= 4 is 13.7 Å². The van der Waals surface area contributed by atoms with Crippen molar-refractivity contribution in [3.63, 3.8) is 0 Å². The Balaban J connectivity index is 4.08. The zero-order valence-electron chi connectivity index (χ0n) is 35.2. The summed E-state index contributed by atoms with van der Waals surface area (Å²) in [6.45, 7) is 4.62. The van der Waals surface area contributed by atoms with Gasteiger partial charge in [-0.15, -0.1) is 0 Å². The van der Waals surface area contributed by atoms with Crippen LogP contribution in [0.15, 0.2) is 36.5 Å². The molecular formula is C44H85N2O6P. The normalized spacial score (nSPS) is 14.8. The van der Waals surface area contributed by atoms with E-state index in [0.717, 1.165) is 51.4 Å². The topological polar surface area (TPSA) is 108 Å². The first kappa shape index (κ1) is 51.7. The third-order valence-corrected chi connectivity index (χ3v) is 10.6. The summed E-state index contributed by atoms with van der Waals surface area (Å²) in [6, 6.07) is -0.798. The lowest BCUT2D eigenvalue weighted by Crippen LogP contribution is -2.46. The number of aliphatic hydroxyl groups excluding tert-OH is 1. The average molecular weight is 769 g/mol. The van der Waals surface area contributed by atoms with Crippen molar-refractivity contribution in [2.24, 2.45) is 0 Å². The van der Waals surface area contributed by atoms with E-state index in [9.17, 15) is 19.4 Å². The maximum absolute atomic E-state index is 12.8. The van der Waals surface area contributed by atoms with Crippen LogP contribution in [0.1, 0.15) is 187 Å². The van der Waals surface area contributed by atoms with Crippen molar-refractivity contribution in [2.75, 3.05) is 40.9 Å². The van der Waals surface area contributed by atoms with E-state index in [1.54, 1.807) is 0 Å². The lowest BCUT2D eigenvalue weighted by atomic mass is 10.0. The number of aliphatic hydroxyl groups is 1. The van der Waals surface area contributed by atoms with Crippen LogP contribution in [0.3, 0.4) is 0 Å². The van der Waals surface area contributed by atoms with Crippen LogP contribution in [0.4, 0.5) is 0 Å². The van der Waals surface area contributed by atoms with Gasteiger partial charge < -0.3 is 28.8 Å². The van der Waals surface area contributed by atoms with Crippen LogP contribution in [0, 0.1) is 0 Å². The van der Waals surface area contributed by atoms with Crippen molar-refractivity contribution in [1.82, 2.24) is 5.32 Å². The molecule has 0 spiro atoms. The monoisotopic (exact) mass is 769 g/mol. The molecule has 8 nitrogen and oxygen atoms in total. The van der Waals surface area contributed by atoms with E-state index in [1.165, 1.54) is 109 Å². The lowest BCUT2D eigenvalue weighted by Gasteiger charge is -2.30. The number of unbranched alkanes of at least 4 members (excludes halogenated alkanes) is 20. The largest absolute Gasteiger partial charge is 0.756 e. The quantitative estimate of drug-likeness (QED) is 0.0279. The maximum atomic E-state index is 12.8. The van der Waals surface area contributed by atoms with E-state index < -0.39 is 20.0 Å². The molecule has 0 aromatic heterocycles. The summed E-state index contributed by atoms with van der Waals surface area (Å²) in [5.41, 5.74) is 0. The minimum atomic E-state index is -4.55. The average Bonchev–Trinajstić information content (AvgIpc) is 3.10. The molecule has 2 N–H and O–H groups in total. The zero-order valence-corrected chi connectivity index (χ0v) is 36.1. The molecule has 0 aliphatic rings. The lowest BCUT2D eigenvalue weighted by molar-refractivity contribution is -0.870. The SMILES string of the molecule is CCCCCCC/C=C\C/C=C\C/C=C\CCCCCCCCCCCCC(=O)NC(COP(=O)([O-])OCC[N+](C)(C)C)C(O)CCCCCCCC. The van der Waals surface area contributed by atoms with Crippen LogP contribution in [0.5, 0.6) is 0 Å². The van der Waals surface area contributed by atoms with Crippen molar-refractivity contribution in [2.45, 2.75) is 199 Å². The molecular weight excluding hydrogens is 683 g/mol. The Bertz CT molecular complexity index is 964. The molecule has 9 heteroatoms. The number of hydrogen-bond donors (Lipinski definition) is 2. The second-order valence-corrected chi connectivity index (χ2v) is 17.5. The number of quaternary nitrogens is 1. The number of rotatable bonds is 39. The van der Waals surface area contributed by atoms with Gasteiger partial charge in [-0.05, 0) is 51.4 Å². The standard InChI is InChI=1S/C44H85N2O6P/c1-6-8-10-12-14-15-16-17-18-19-20-21-22-23-24-25-26-27-28-29-30-31-32-34-36-38-44(48)45-42(43(47)37-35-33-13-11-9-7-2)41-52-53(49,50)51-40-39-46(3,4)5/h16-17,19-20,22-23,42-43,47H,6-15,18,21,24-41H2,1-5H3,(H-,45,48,49,50)/b17-16-,20-19-,23-22-. The molecule has 53 heavy (non-hydrogen) atoms. The van der Waals surface area contributed by atoms with E-state index in [2.05, 4.69) is 55.6 Å². The Morgan fingerprint density at radius 3 is 1.58 bits per heavy atom. The van der Waals surface area contributed by atoms with Crippen LogP contribution in [0.2, 0.25) is 0 Å². The first-order valence-corrected chi connectivity index (χ1v) is 23.3. The summed E-state index contributed by atoms with van der Waals surface area (Å²) in [5.74, 6) is -0.176. The predicted molar refractivity (Wildman–Crippen MR) is 224 cm³/mol. The van der Waals surface area contributed by atoms with Gasteiger partial charge in [0.1, 0.15) is 13.2 Å². The maximum Gasteiger partial charge on any atom is 0.268 e. The number of nitrogens with zero attached hydrogens (tertiary/aromatic N) is 1. The van der Waals surface area contributed by atoms with Crippen molar-refractivity contribution in [3.05, 3.63) is 36.5 Å². The molecule has 3 unspecified atom stereocenters. The van der Waals surface area contributed by atoms with Gasteiger partial charge in [-0.3, -0.25) is 9.36 Å². The van der Waals surface area contributed by atoms with Gasteiger partial charge in [-0.1, -0.05) is 166 Å². The van der Waals surface area contributed by atoms with E-state index in [0.29, 0.717) is 23.9 Å². The van der Waals surface area contributed by atoms with Crippen LogP contribution >= 0.6 is 7.82 Å². The number of hydrogen-bond acceptors (Lipinski definition) is 6. The summed E-state index contributed by atoms with van der Waals surface area (Å²) >= 11 is 0. The molecule has 0 bridgehead atoms. The number of phosphoric acid groups is 1. The van der Waals surface area contributed by atoms with Crippen LogP contribution in [0.25, 0.3) is 0 Å². The number of phosphoric ester groups is 1. The van der Waals surface area contributed by atoms with E-state index in [4.69, 9.17) is 9.05 Å². The van der Waals surface area contributed by atoms with Crippen LogP contribution < -0.4 is 10.2 Å². The van der Waals surface area contributed by atoms with Crippen molar-refractivity contribution in [1.29, 1.82) is 0 Å². The molecule has 312 valence electrons. The van der Waals surface area contributed by atoms with Crippen molar-refractivity contribution < 1.29 is 32.9 Å². The summed E-state index contributed by atoms with van der Waals surface area (Å²) in [4.78, 5) is 25.1. The highest BCUT2D eigenvalue weighted by molar-refractivity contribution is 7.45. The van der Waals surface area contributed by atoms with Gasteiger partial charge in [0.05, 0.1) is 39.9 Å². The fraction of sp³-hybridized carbons (Fsp3) is 0.841. The molecule has 0 aliphatic heterocycles. The first-order valence-electron chi connectivity index (χ1n) is 21.8. The molecule has 0 aromatic rings. The van der Waals surface area contributed by atoms with Gasteiger partial charge in [0.25, 0.3) is 7.82 Å². The highest BCUT2D eigenvalue weighted by Crippen LogP contribution is 2.38. The van der Waals surface area contributed by atoms with E-state index in [1.807, 2.05) is 21.1 Å². The summed E-state index contributed by atoms with van der Waals surface area (Å²) < 4.78 is 23.1. The number of allylic oxidation sites excluding steroid dienone is 6. The second kappa shape index (κ2) is 36.4. The number of amides is 1. The Hall–Kier alpha value is -1.28. The Kier molecular flexibility index (Phi) is 35.5. The van der Waals surface area contributed by atoms with Crippen LogP contribution in [-0.2, 0) is 18.4 Å². The molecule has 0 heterocycles.